The number of carbonyl (C=O) groups excluding carboxylic acids is 1. The third-order valence-corrected chi connectivity index (χ3v) is 3.66. The standard InChI is InChI=1S/C12H14BrN3O5/c1-12(9(17)8(10(18)19)15-5-16-12)4-21-11(20)7-2-6(13)3-14-7/h2-3,5,8-9,14,17H,4H2,1H3,(H,15,16)(H,18,19). The van der Waals surface area contributed by atoms with E-state index in [-0.39, 0.29) is 12.3 Å². The molecule has 0 saturated carbocycles. The van der Waals surface area contributed by atoms with Crippen LogP contribution in [0.4, 0.5) is 0 Å². The number of ether oxygens (including phenoxy) is 1. The van der Waals surface area contributed by atoms with Gasteiger partial charge in [-0.05, 0) is 28.9 Å². The minimum Gasteiger partial charge on any atom is -0.480 e. The lowest BCUT2D eigenvalue weighted by molar-refractivity contribution is -0.143. The Morgan fingerprint density at radius 3 is 2.86 bits per heavy atom. The first-order chi connectivity index (χ1) is 9.83. The molecule has 1 aromatic rings. The fraction of sp³-hybridized carbons (Fsp3) is 0.417. The number of aliphatic carboxylic acids is 1. The van der Waals surface area contributed by atoms with E-state index >= 15 is 0 Å². The van der Waals surface area contributed by atoms with Crippen LogP contribution in [0.15, 0.2) is 21.7 Å². The molecule has 0 fully saturated rings. The number of carboxylic acids is 1. The Hall–Kier alpha value is -1.87. The predicted molar refractivity (Wildman–Crippen MR) is 76.2 cm³/mol. The summed E-state index contributed by atoms with van der Waals surface area (Å²) in [5.41, 5.74) is -0.885. The first-order valence-electron chi connectivity index (χ1n) is 6.05. The molecule has 0 aromatic carbocycles. The largest absolute Gasteiger partial charge is 0.480 e. The molecule has 3 unspecified atom stereocenters. The highest BCUT2D eigenvalue weighted by atomic mass is 79.9. The summed E-state index contributed by atoms with van der Waals surface area (Å²) in [4.78, 5) is 29.2. The van der Waals surface area contributed by atoms with Crippen LogP contribution in [0.2, 0.25) is 0 Å². The Morgan fingerprint density at radius 2 is 2.29 bits per heavy atom. The van der Waals surface area contributed by atoms with Gasteiger partial charge in [0, 0.05) is 10.7 Å². The molecule has 9 heteroatoms. The first kappa shape index (κ1) is 15.5. The molecule has 1 aromatic heterocycles. The fourth-order valence-electron chi connectivity index (χ4n) is 1.89. The molecule has 0 saturated heterocycles. The normalized spacial score (nSPS) is 28.0. The van der Waals surface area contributed by atoms with Crippen LogP contribution in [0.5, 0.6) is 0 Å². The molecule has 114 valence electrons. The van der Waals surface area contributed by atoms with Gasteiger partial charge in [-0.3, -0.25) is 4.99 Å². The Morgan fingerprint density at radius 1 is 1.57 bits per heavy atom. The number of hydrogen-bond donors (Lipinski definition) is 4. The van der Waals surface area contributed by atoms with E-state index in [1.54, 1.807) is 19.2 Å². The molecule has 0 aliphatic carbocycles. The van der Waals surface area contributed by atoms with E-state index in [9.17, 15) is 14.7 Å². The number of aliphatic hydroxyl groups excluding tert-OH is 1. The second-order valence-electron chi connectivity index (χ2n) is 4.88. The Labute approximate surface area is 128 Å². The Balaban J connectivity index is 2.03. The highest BCUT2D eigenvalue weighted by molar-refractivity contribution is 9.10. The number of esters is 1. The molecule has 21 heavy (non-hydrogen) atoms. The molecule has 1 aliphatic heterocycles. The maximum atomic E-state index is 11.8. The topological polar surface area (TPSA) is 124 Å². The second kappa shape index (κ2) is 5.86. The lowest BCUT2D eigenvalue weighted by Crippen LogP contribution is -2.63. The van der Waals surface area contributed by atoms with Crippen molar-refractivity contribution in [3.8, 4) is 0 Å². The molecule has 4 N–H and O–H groups in total. The lowest BCUT2D eigenvalue weighted by atomic mass is 9.89. The van der Waals surface area contributed by atoms with Gasteiger partial charge in [-0.25, -0.2) is 9.59 Å². The van der Waals surface area contributed by atoms with Crippen LogP contribution in [-0.2, 0) is 9.53 Å². The maximum Gasteiger partial charge on any atom is 0.354 e. The summed E-state index contributed by atoms with van der Waals surface area (Å²) in [6, 6.07) is 0.256. The highest BCUT2D eigenvalue weighted by Gasteiger charge is 2.44. The van der Waals surface area contributed by atoms with Gasteiger partial charge in [0.05, 0.1) is 11.9 Å². The van der Waals surface area contributed by atoms with Gasteiger partial charge < -0.3 is 25.3 Å². The van der Waals surface area contributed by atoms with Crippen LogP contribution in [0.1, 0.15) is 17.4 Å². The van der Waals surface area contributed by atoms with E-state index in [0.717, 1.165) is 0 Å². The highest BCUT2D eigenvalue weighted by Crippen LogP contribution is 2.20. The van der Waals surface area contributed by atoms with Gasteiger partial charge in [0.25, 0.3) is 0 Å². The minimum atomic E-state index is -1.33. The number of carboxylic acid groups (broad SMARTS) is 1. The number of rotatable bonds is 4. The van der Waals surface area contributed by atoms with E-state index in [4.69, 9.17) is 9.84 Å². The molecule has 1 aliphatic rings. The summed E-state index contributed by atoms with van der Waals surface area (Å²) >= 11 is 3.20. The van der Waals surface area contributed by atoms with Crippen LogP contribution in [-0.4, -0.2) is 57.8 Å². The van der Waals surface area contributed by atoms with Crippen molar-refractivity contribution in [1.29, 1.82) is 0 Å². The Kier molecular flexibility index (Phi) is 4.33. The van der Waals surface area contributed by atoms with Crippen LogP contribution >= 0.6 is 15.9 Å². The van der Waals surface area contributed by atoms with Crippen molar-refractivity contribution in [3.63, 3.8) is 0 Å². The van der Waals surface area contributed by atoms with Crippen LogP contribution in [0.3, 0.4) is 0 Å². The summed E-state index contributed by atoms with van der Waals surface area (Å²) in [5, 5.41) is 21.8. The van der Waals surface area contributed by atoms with E-state index in [2.05, 4.69) is 31.2 Å². The SMILES string of the molecule is CC1(COC(=O)c2cc(Br)c[nH]2)NC=NC(C(=O)O)C1O. The van der Waals surface area contributed by atoms with Crippen molar-refractivity contribution in [3.05, 3.63) is 22.4 Å². The number of carbonyl (C=O) groups is 2. The van der Waals surface area contributed by atoms with Crippen molar-refractivity contribution in [2.75, 3.05) is 6.61 Å². The average molecular weight is 360 g/mol. The van der Waals surface area contributed by atoms with Gasteiger partial charge in [0.2, 0.25) is 0 Å². The summed E-state index contributed by atoms with van der Waals surface area (Å²) < 4.78 is 5.82. The third kappa shape index (κ3) is 3.24. The van der Waals surface area contributed by atoms with Crippen molar-refractivity contribution in [2.45, 2.75) is 24.6 Å². The summed E-state index contributed by atoms with van der Waals surface area (Å²) in [6.45, 7) is 1.34. The van der Waals surface area contributed by atoms with Crippen molar-refractivity contribution in [2.24, 2.45) is 4.99 Å². The third-order valence-electron chi connectivity index (χ3n) is 3.21. The quantitative estimate of drug-likeness (QED) is 0.566. The predicted octanol–water partition coefficient (Wildman–Crippen LogP) is 0.138. The monoisotopic (exact) mass is 359 g/mol. The number of halogens is 1. The van der Waals surface area contributed by atoms with Crippen molar-refractivity contribution in [1.82, 2.24) is 10.3 Å². The van der Waals surface area contributed by atoms with Gasteiger partial charge in [0.1, 0.15) is 18.4 Å². The number of aliphatic imine (C=N–C) groups is 1. The minimum absolute atomic E-state index is 0.209. The smallest absolute Gasteiger partial charge is 0.354 e. The molecule has 2 rings (SSSR count). The van der Waals surface area contributed by atoms with Crippen LogP contribution in [0, 0.1) is 0 Å². The maximum absolute atomic E-state index is 11.8. The number of aromatic amines is 1. The number of hydrogen-bond acceptors (Lipinski definition) is 6. The number of aliphatic hydroxyl groups is 1. The van der Waals surface area contributed by atoms with Gasteiger partial charge in [-0.2, -0.15) is 0 Å². The average Bonchev–Trinajstić information content (AvgIpc) is 2.86. The zero-order valence-corrected chi connectivity index (χ0v) is 12.6. The van der Waals surface area contributed by atoms with Gasteiger partial charge >= 0.3 is 11.9 Å². The summed E-state index contributed by atoms with van der Waals surface area (Å²) in [6.07, 6.45) is 1.45. The second-order valence-corrected chi connectivity index (χ2v) is 5.79. The molecule has 0 bridgehead atoms. The molecule has 8 nitrogen and oxygen atoms in total. The first-order valence-corrected chi connectivity index (χ1v) is 6.84. The molecule has 3 atom stereocenters. The molecule has 0 amide bonds. The van der Waals surface area contributed by atoms with Crippen LogP contribution in [0.25, 0.3) is 0 Å². The molecule has 2 heterocycles. The number of aromatic nitrogens is 1. The van der Waals surface area contributed by atoms with E-state index in [1.165, 1.54) is 6.34 Å². The number of nitrogens with one attached hydrogen (secondary N) is 2. The zero-order chi connectivity index (χ0) is 15.6. The summed E-state index contributed by atoms with van der Waals surface area (Å²) in [7, 11) is 0. The van der Waals surface area contributed by atoms with E-state index < -0.39 is 29.6 Å². The van der Waals surface area contributed by atoms with Crippen LogP contribution < -0.4 is 5.32 Å². The number of H-pyrrole nitrogens is 1. The summed E-state index contributed by atoms with van der Waals surface area (Å²) in [5.74, 6) is -1.85. The number of nitrogens with zero attached hydrogens (tertiary/aromatic N) is 1. The molecule has 0 radical (unpaired) electrons. The van der Waals surface area contributed by atoms with Gasteiger partial charge in [-0.1, -0.05) is 0 Å². The van der Waals surface area contributed by atoms with Gasteiger partial charge in [0.15, 0.2) is 6.04 Å². The van der Waals surface area contributed by atoms with Crippen molar-refractivity contribution < 1.29 is 24.5 Å². The van der Waals surface area contributed by atoms with E-state index in [0.29, 0.717) is 4.47 Å². The molecule has 0 spiro atoms. The fourth-order valence-corrected chi connectivity index (χ4v) is 2.23. The lowest BCUT2D eigenvalue weighted by Gasteiger charge is -2.38. The van der Waals surface area contributed by atoms with E-state index in [1.807, 2.05) is 0 Å². The zero-order valence-electron chi connectivity index (χ0n) is 11.0. The molecular formula is C12H14BrN3O5. The van der Waals surface area contributed by atoms with Gasteiger partial charge in [-0.15, -0.1) is 0 Å². The van der Waals surface area contributed by atoms with Crippen molar-refractivity contribution >= 4 is 34.2 Å². The molecular weight excluding hydrogens is 346 g/mol. The Bertz CT molecular complexity index is 587.